The first-order chi connectivity index (χ1) is 62.0. The van der Waals surface area contributed by atoms with E-state index in [0.717, 1.165) is 19.3 Å². The zero-order valence-corrected chi connectivity index (χ0v) is 70.7. The molecule has 0 radical (unpaired) electrons. The van der Waals surface area contributed by atoms with Crippen molar-refractivity contribution in [2.75, 3.05) is 19.8 Å². The summed E-state index contributed by atoms with van der Waals surface area (Å²) in [4.78, 5) is 61.6. The summed E-state index contributed by atoms with van der Waals surface area (Å²) in [5.41, 5.74) is 6.75. The van der Waals surface area contributed by atoms with E-state index in [0.29, 0.717) is 173 Å². The number of para-hydroxylation sites is 3. The highest BCUT2D eigenvalue weighted by atomic mass is 35.5. The quantitative estimate of drug-likeness (QED) is 0.0563. The Morgan fingerprint density at radius 1 is 0.372 bits per heavy atom. The van der Waals surface area contributed by atoms with Crippen LogP contribution in [0.2, 0.25) is 15.1 Å². The van der Waals surface area contributed by atoms with E-state index in [9.17, 15) is 29.7 Å². The van der Waals surface area contributed by atoms with Gasteiger partial charge in [0.1, 0.15) is 69.5 Å². The van der Waals surface area contributed by atoms with Gasteiger partial charge < -0.3 is 71.7 Å². The normalized spacial score (nSPS) is 19.0. The third-order valence-electron chi connectivity index (χ3n) is 23.4. The molecule has 9 aromatic carbocycles. The summed E-state index contributed by atoms with van der Waals surface area (Å²) in [6.07, 6.45) is 6.26. The number of hydrogen-bond donors (Lipinski definition) is 3. The number of benzene rings is 9. The van der Waals surface area contributed by atoms with Crippen LogP contribution in [0.1, 0.15) is 122 Å². The molecule has 33 heteroatoms. The fourth-order valence-electron chi connectivity index (χ4n) is 16.4. The maximum atomic E-state index is 15.7. The number of pyridine rings is 3. The molecular weight excluding hydrogens is 1740 g/mol. The highest BCUT2D eigenvalue weighted by Crippen LogP contribution is 2.53. The summed E-state index contributed by atoms with van der Waals surface area (Å²) in [6.45, 7) is 8.19. The van der Waals surface area contributed by atoms with Crippen LogP contribution in [0.4, 0.5) is 26.3 Å². The third kappa shape index (κ3) is 16.6. The van der Waals surface area contributed by atoms with Crippen molar-refractivity contribution in [3.63, 3.8) is 0 Å². The number of imidazole rings is 3. The number of rotatable bonds is 21. The lowest BCUT2D eigenvalue weighted by Gasteiger charge is -2.27. The van der Waals surface area contributed by atoms with Crippen molar-refractivity contribution in [2.45, 2.75) is 115 Å². The number of ether oxygens (including phenoxy) is 9. The number of aromatic carboxylic acids is 3. The second-order valence-electron chi connectivity index (χ2n) is 32.0. The standard InChI is InChI=1S/3C32H24ClF2N3O5/c3*1-32(28-8-6-19(33)15-36-28)42-27-4-2-3-21(30(27)43-32)18-11-23(34)22(24(35)12-18)14-29-37-25-7-5-17(31(39)40)13-26(25)38(29)16-20-9-10-41-20/h3*2-8,11-13,15,20H,9-10,14,16H2,1H3,(H,39,40)/t3*20-,32?/m000/s1. The predicted octanol–water partition coefficient (Wildman–Crippen LogP) is 20.3. The molecule has 0 spiro atoms. The molecule has 3 unspecified atom stereocenters. The van der Waals surface area contributed by atoms with Gasteiger partial charge >= 0.3 is 17.9 Å². The summed E-state index contributed by atoms with van der Waals surface area (Å²) >= 11 is 17.9. The summed E-state index contributed by atoms with van der Waals surface area (Å²) in [5, 5.41) is 29.9. The van der Waals surface area contributed by atoms with E-state index in [1.165, 1.54) is 91.4 Å². The van der Waals surface area contributed by atoms with Crippen LogP contribution in [0, 0.1) is 34.9 Å². The average Bonchev–Trinajstić information content (AvgIpc) is 1.61. The van der Waals surface area contributed by atoms with Crippen LogP contribution in [-0.4, -0.2) is 115 Å². The first-order valence-electron chi connectivity index (χ1n) is 40.9. The van der Waals surface area contributed by atoms with Gasteiger partial charge in [0.15, 0.2) is 34.5 Å². The van der Waals surface area contributed by atoms with Crippen molar-refractivity contribution >= 4 is 85.8 Å². The molecule has 3 fully saturated rings. The Balaban J connectivity index is 0.000000126. The molecule has 6 aromatic heterocycles. The van der Waals surface area contributed by atoms with E-state index in [1.54, 1.807) is 144 Å². The lowest BCUT2D eigenvalue weighted by molar-refractivity contribution is -0.0719. The fourth-order valence-corrected chi connectivity index (χ4v) is 16.7. The lowest BCUT2D eigenvalue weighted by atomic mass is 10.00. The highest BCUT2D eigenvalue weighted by Gasteiger charge is 2.45. The molecule has 0 amide bonds. The van der Waals surface area contributed by atoms with Crippen molar-refractivity contribution in [3.05, 3.63) is 318 Å². The fraction of sp³-hybridized carbons (Fsp3) is 0.219. The number of hydrogen-bond acceptors (Lipinski definition) is 18. The van der Waals surface area contributed by atoms with E-state index in [4.69, 9.17) is 77.4 Å². The van der Waals surface area contributed by atoms with Gasteiger partial charge in [-0.15, -0.1) is 0 Å². The molecule has 6 atom stereocenters. The van der Waals surface area contributed by atoms with Crippen molar-refractivity contribution in [2.24, 2.45) is 0 Å². The summed E-state index contributed by atoms with van der Waals surface area (Å²) in [5.74, 6) is -8.05. The van der Waals surface area contributed by atoms with Crippen molar-refractivity contribution in [3.8, 4) is 67.9 Å². The number of carboxylic acids is 3. The smallest absolute Gasteiger partial charge is 0.335 e. The topological polar surface area (TPSA) is 287 Å². The van der Waals surface area contributed by atoms with Gasteiger partial charge in [0.25, 0.3) is 17.4 Å². The minimum absolute atomic E-state index is 0.0853. The average molecular weight is 1810 g/mol. The number of aromatic nitrogens is 9. The Kier molecular flexibility index (Phi) is 22.3. The minimum Gasteiger partial charge on any atom is -0.478 e. The second-order valence-corrected chi connectivity index (χ2v) is 33.3. The predicted molar refractivity (Wildman–Crippen MR) is 461 cm³/mol. The van der Waals surface area contributed by atoms with Gasteiger partial charge in [-0.1, -0.05) is 71.2 Å². The van der Waals surface area contributed by atoms with E-state index in [-0.39, 0.29) is 87.6 Å². The van der Waals surface area contributed by atoms with Crippen molar-refractivity contribution < 1.29 is 98.7 Å². The van der Waals surface area contributed by atoms with Crippen LogP contribution in [0.25, 0.3) is 66.5 Å². The maximum absolute atomic E-state index is 15.7. The first kappa shape index (κ1) is 84.8. The molecule has 129 heavy (non-hydrogen) atoms. The molecule has 3 N–H and O–H groups in total. The summed E-state index contributed by atoms with van der Waals surface area (Å²) in [7, 11) is 0. The Morgan fingerprint density at radius 2 is 0.636 bits per heavy atom. The van der Waals surface area contributed by atoms with Gasteiger partial charge in [-0.3, -0.25) is 15.0 Å². The Bertz CT molecular complexity index is 6310. The first-order valence-corrected chi connectivity index (χ1v) is 42.0. The minimum atomic E-state index is -1.26. The number of nitrogens with zero attached hydrogens (tertiary/aromatic N) is 9. The molecule has 6 aliphatic rings. The zero-order chi connectivity index (χ0) is 89.6. The molecule has 24 nitrogen and oxygen atoms in total. The van der Waals surface area contributed by atoms with Crippen LogP contribution in [0.15, 0.2) is 201 Å². The second kappa shape index (κ2) is 33.9. The van der Waals surface area contributed by atoms with E-state index in [2.05, 4.69) is 29.9 Å². The van der Waals surface area contributed by atoms with E-state index < -0.39 is 70.2 Å². The van der Waals surface area contributed by atoms with E-state index in [1.807, 2.05) is 0 Å². The monoisotopic (exact) mass is 1810 g/mol. The molecule has 654 valence electrons. The number of carboxylic acid groups (broad SMARTS) is 3. The molecule has 0 saturated carbocycles. The third-order valence-corrected chi connectivity index (χ3v) is 24.1. The summed E-state index contributed by atoms with van der Waals surface area (Å²) < 4.78 is 153. The molecule has 21 rings (SSSR count). The summed E-state index contributed by atoms with van der Waals surface area (Å²) in [6, 6.07) is 46.8. The van der Waals surface area contributed by atoms with Gasteiger partial charge in [0, 0.05) is 112 Å². The molecule has 12 heterocycles. The van der Waals surface area contributed by atoms with Crippen LogP contribution in [-0.2, 0) is 70.5 Å². The van der Waals surface area contributed by atoms with Crippen molar-refractivity contribution in [1.29, 1.82) is 0 Å². The zero-order valence-electron chi connectivity index (χ0n) is 68.4. The largest absolute Gasteiger partial charge is 0.478 e. The van der Waals surface area contributed by atoms with Gasteiger partial charge in [-0.25, -0.2) is 55.7 Å². The number of carbonyl (C=O) groups is 3. The van der Waals surface area contributed by atoms with Crippen LogP contribution in [0.3, 0.4) is 0 Å². The molecule has 0 aliphatic carbocycles. The van der Waals surface area contributed by atoms with Gasteiger partial charge in [0.05, 0.1) is 103 Å². The highest BCUT2D eigenvalue weighted by molar-refractivity contribution is 6.31. The SMILES string of the molecule is CC1(c2ccc(Cl)cn2)Oc2cccc(-c3cc(F)c(Cc4nc5ccc(C(=O)O)cc5n4C[C@@H]4CCO4)c(F)c3)c2O1.CC1(c2ccc(Cl)cn2)Oc2cccc(-c3cc(F)c(Cc4nc5ccc(C(=O)O)cc5n4C[C@@H]4CCO4)c(F)c3)c2O1.CC1(c2ccc(Cl)cn2)Oc2cccc(-c3cc(F)c(Cc4nc5ccc(C(=O)O)cc5n4C[C@@H]4CCO4)c(F)c3)c2O1. The van der Waals surface area contributed by atoms with E-state index >= 15 is 26.3 Å². The Labute approximate surface area is 744 Å². The van der Waals surface area contributed by atoms with Gasteiger partial charge in [0.2, 0.25) is 0 Å². The van der Waals surface area contributed by atoms with Gasteiger partial charge in [-0.2, -0.15) is 0 Å². The molecular formula is C96H72Cl3F6N9O15. The molecule has 15 aromatic rings. The molecule has 6 aliphatic heterocycles. The van der Waals surface area contributed by atoms with Crippen LogP contribution < -0.4 is 28.4 Å². The Morgan fingerprint density at radius 3 is 0.860 bits per heavy atom. The number of fused-ring (bicyclic) bond motifs is 6. The molecule has 3 saturated heterocycles. The Hall–Kier alpha value is -13.6. The lowest BCUT2D eigenvalue weighted by Crippen LogP contribution is -2.32. The van der Waals surface area contributed by atoms with Crippen molar-refractivity contribution in [1.82, 2.24) is 43.6 Å². The molecule has 0 bridgehead atoms. The number of halogens is 9. The van der Waals surface area contributed by atoms with Crippen LogP contribution in [0.5, 0.6) is 34.5 Å². The van der Waals surface area contributed by atoms with Gasteiger partial charge in [-0.05, 0) is 182 Å². The van der Waals surface area contributed by atoms with Crippen LogP contribution >= 0.6 is 34.8 Å². The maximum Gasteiger partial charge on any atom is 0.335 e.